The normalized spacial score (nSPS) is 18.5. The third kappa shape index (κ3) is 3.45. The lowest BCUT2D eigenvalue weighted by Gasteiger charge is -2.22. The fourth-order valence-corrected chi connectivity index (χ4v) is 2.28. The Bertz CT molecular complexity index is 512. The topological polar surface area (TPSA) is 110 Å². The number of nitrogens with two attached hydrogens (primary N) is 1. The van der Waals surface area contributed by atoms with Crippen molar-refractivity contribution < 1.29 is 9.72 Å². The predicted molar refractivity (Wildman–Crippen MR) is 75.4 cm³/mol. The van der Waals surface area contributed by atoms with Crippen molar-refractivity contribution >= 4 is 17.3 Å². The van der Waals surface area contributed by atoms with E-state index in [0.29, 0.717) is 12.5 Å². The van der Waals surface area contributed by atoms with Crippen molar-refractivity contribution in [2.24, 2.45) is 5.92 Å². The lowest BCUT2D eigenvalue weighted by atomic mass is 9.99. The van der Waals surface area contributed by atoms with E-state index in [9.17, 15) is 14.9 Å². The average Bonchev–Trinajstić information content (AvgIpc) is 2.46. The Labute approximate surface area is 116 Å². The van der Waals surface area contributed by atoms with Crippen molar-refractivity contribution in [1.29, 1.82) is 0 Å². The summed E-state index contributed by atoms with van der Waals surface area (Å²) in [5, 5.41) is 16.9. The van der Waals surface area contributed by atoms with Crippen LogP contribution >= 0.6 is 0 Å². The second-order valence-corrected chi connectivity index (χ2v) is 4.95. The number of rotatable bonds is 4. The Balaban J connectivity index is 1.98. The lowest BCUT2D eigenvalue weighted by molar-refractivity contribution is -0.383. The molecule has 0 radical (unpaired) electrons. The summed E-state index contributed by atoms with van der Waals surface area (Å²) in [6.07, 6.45) is 2.18. The summed E-state index contributed by atoms with van der Waals surface area (Å²) in [5.74, 6) is 0.107. The Morgan fingerprint density at radius 2 is 2.35 bits per heavy atom. The highest BCUT2D eigenvalue weighted by atomic mass is 16.6. The summed E-state index contributed by atoms with van der Waals surface area (Å²) < 4.78 is 0. The molecule has 1 aliphatic rings. The predicted octanol–water partition coefficient (Wildman–Crippen LogP) is 0.906. The average molecular weight is 278 g/mol. The summed E-state index contributed by atoms with van der Waals surface area (Å²) in [5.41, 5.74) is 5.58. The van der Waals surface area contributed by atoms with E-state index in [1.807, 2.05) is 0 Å². The standard InChI is InChI=1S/C13H18N4O3/c14-11-4-3-10(6-12(11)17(19)20)13(18)16-8-9-2-1-5-15-7-9/h3-4,6,9,15H,1-2,5,7-8,14H2,(H,16,18). The van der Waals surface area contributed by atoms with Gasteiger partial charge in [0.1, 0.15) is 5.69 Å². The Kier molecular flexibility index (Phi) is 4.52. The summed E-state index contributed by atoms with van der Waals surface area (Å²) in [4.78, 5) is 22.2. The third-order valence-corrected chi connectivity index (χ3v) is 3.44. The number of carbonyl (C=O) groups excluding carboxylic acids is 1. The van der Waals surface area contributed by atoms with Crippen LogP contribution in [0.25, 0.3) is 0 Å². The molecule has 0 saturated carbocycles. The van der Waals surface area contributed by atoms with Gasteiger partial charge in [-0.15, -0.1) is 0 Å². The fourth-order valence-electron chi connectivity index (χ4n) is 2.28. The van der Waals surface area contributed by atoms with Gasteiger partial charge in [0.25, 0.3) is 11.6 Å². The van der Waals surface area contributed by atoms with Crippen molar-refractivity contribution in [2.75, 3.05) is 25.4 Å². The van der Waals surface area contributed by atoms with Crippen LogP contribution in [0, 0.1) is 16.0 Å². The first-order valence-electron chi connectivity index (χ1n) is 6.60. The minimum Gasteiger partial charge on any atom is -0.393 e. The van der Waals surface area contributed by atoms with Crippen LogP contribution in [0.15, 0.2) is 18.2 Å². The van der Waals surface area contributed by atoms with Gasteiger partial charge in [-0.05, 0) is 44.0 Å². The van der Waals surface area contributed by atoms with Crippen LogP contribution in [0.5, 0.6) is 0 Å². The number of carbonyl (C=O) groups is 1. The zero-order valence-corrected chi connectivity index (χ0v) is 11.1. The van der Waals surface area contributed by atoms with Gasteiger partial charge in [0.15, 0.2) is 0 Å². The zero-order chi connectivity index (χ0) is 14.5. The molecule has 1 atom stereocenters. The van der Waals surface area contributed by atoms with Crippen molar-refractivity contribution in [2.45, 2.75) is 12.8 Å². The van der Waals surface area contributed by atoms with Gasteiger partial charge in [0.05, 0.1) is 4.92 Å². The number of hydrogen-bond acceptors (Lipinski definition) is 5. The molecule has 1 heterocycles. The molecule has 1 aromatic carbocycles. The largest absolute Gasteiger partial charge is 0.393 e. The fraction of sp³-hybridized carbons (Fsp3) is 0.462. The van der Waals surface area contributed by atoms with Gasteiger partial charge in [-0.1, -0.05) is 0 Å². The molecule has 2 rings (SSSR count). The Hall–Kier alpha value is -2.15. The van der Waals surface area contributed by atoms with E-state index in [1.54, 1.807) is 0 Å². The molecule has 1 aromatic rings. The van der Waals surface area contributed by atoms with Crippen LogP contribution in [0.2, 0.25) is 0 Å². The quantitative estimate of drug-likeness (QED) is 0.430. The second-order valence-electron chi connectivity index (χ2n) is 4.95. The zero-order valence-electron chi connectivity index (χ0n) is 11.1. The van der Waals surface area contributed by atoms with Crippen LogP contribution in [-0.2, 0) is 0 Å². The first-order valence-corrected chi connectivity index (χ1v) is 6.60. The minimum atomic E-state index is -0.586. The molecule has 1 saturated heterocycles. The monoisotopic (exact) mass is 278 g/mol. The molecule has 20 heavy (non-hydrogen) atoms. The lowest BCUT2D eigenvalue weighted by Crippen LogP contribution is -2.38. The molecule has 0 spiro atoms. The molecule has 1 amide bonds. The van der Waals surface area contributed by atoms with Gasteiger partial charge < -0.3 is 16.4 Å². The van der Waals surface area contributed by atoms with Crippen LogP contribution in [-0.4, -0.2) is 30.5 Å². The Morgan fingerprint density at radius 1 is 1.55 bits per heavy atom. The highest BCUT2D eigenvalue weighted by Gasteiger charge is 2.17. The number of anilines is 1. The van der Waals surface area contributed by atoms with Crippen LogP contribution in [0.4, 0.5) is 11.4 Å². The van der Waals surface area contributed by atoms with Crippen molar-refractivity contribution in [3.05, 3.63) is 33.9 Å². The highest BCUT2D eigenvalue weighted by Crippen LogP contribution is 2.22. The van der Waals surface area contributed by atoms with Gasteiger partial charge in [0.2, 0.25) is 0 Å². The van der Waals surface area contributed by atoms with E-state index < -0.39 is 4.92 Å². The number of piperidine rings is 1. The third-order valence-electron chi connectivity index (χ3n) is 3.44. The van der Waals surface area contributed by atoms with Crippen molar-refractivity contribution in [3.63, 3.8) is 0 Å². The number of hydrogen-bond donors (Lipinski definition) is 3. The highest BCUT2D eigenvalue weighted by molar-refractivity contribution is 5.95. The van der Waals surface area contributed by atoms with Gasteiger partial charge in [0, 0.05) is 18.2 Å². The molecule has 1 unspecified atom stereocenters. The van der Waals surface area contributed by atoms with Crippen LogP contribution in [0.1, 0.15) is 23.2 Å². The SMILES string of the molecule is Nc1ccc(C(=O)NCC2CCCNC2)cc1[N+](=O)[O-]. The summed E-state index contributed by atoms with van der Waals surface area (Å²) in [7, 11) is 0. The molecule has 7 heteroatoms. The molecular formula is C13H18N4O3. The number of benzene rings is 1. The number of amides is 1. The number of nitrogen functional groups attached to an aromatic ring is 1. The van der Waals surface area contributed by atoms with E-state index in [0.717, 1.165) is 25.9 Å². The molecule has 0 bridgehead atoms. The number of nitro groups is 1. The van der Waals surface area contributed by atoms with Crippen LogP contribution in [0.3, 0.4) is 0 Å². The maximum absolute atomic E-state index is 12.0. The molecule has 0 aromatic heterocycles. The molecule has 0 aliphatic carbocycles. The maximum Gasteiger partial charge on any atom is 0.292 e. The number of nitro benzene ring substituents is 1. The minimum absolute atomic E-state index is 0.0584. The van der Waals surface area contributed by atoms with Gasteiger partial charge in [-0.2, -0.15) is 0 Å². The molecule has 108 valence electrons. The number of nitrogens with one attached hydrogen (secondary N) is 2. The van der Waals surface area contributed by atoms with E-state index in [-0.39, 0.29) is 22.8 Å². The molecule has 7 nitrogen and oxygen atoms in total. The number of nitrogens with zero attached hydrogens (tertiary/aromatic N) is 1. The van der Waals surface area contributed by atoms with Gasteiger partial charge in [-0.25, -0.2) is 0 Å². The van der Waals surface area contributed by atoms with Gasteiger partial charge >= 0.3 is 0 Å². The first-order chi connectivity index (χ1) is 9.58. The molecule has 1 fully saturated rings. The first kappa shape index (κ1) is 14.3. The summed E-state index contributed by atoms with van der Waals surface area (Å²) in [6, 6.07) is 4.09. The molecule has 1 aliphatic heterocycles. The summed E-state index contributed by atoms with van der Waals surface area (Å²) in [6.45, 7) is 2.49. The summed E-state index contributed by atoms with van der Waals surface area (Å²) >= 11 is 0. The van der Waals surface area contributed by atoms with E-state index in [1.165, 1.54) is 18.2 Å². The van der Waals surface area contributed by atoms with E-state index in [2.05, 4.69) is 10.6 Å². The Morgan fingerprint density at radius 3 is 3.00 bits per heavy atom. The maximum atomic E-state index is 12.0. The van der Waals surface area contributed by atoms with Crippen molar-refractivity contribution in [3.8, 4) is 0 Å². The van der Waals surface area contributed by atoms with E-state index >= 15 is 0 Å². The molecule has 4 N–H and O–H groups in total. The smallest absolute Gasteiger partial charge is 0.292 e. The van der Waals surface area contributed by atoms with Gasteiger partial charge in [-0.3, -0.25) is 14.9 Å². The van der Waals surface area contributed by atoms with E-state index in [4.69, 9.17) is 5.73 Å². The second kappa shape index (κ2) is 6.33. The molecular weight excluding hydrogens is 260 g/mol. The van der Waals surface area contributed by atoms with Crippen molar-refractivity contribution in [1.82, 2.24) is 10.6 Å². The van der Waals surface area contributed by atoms with Crippen LogP contribution < -0.4 is 16.4 Å².